The Bertz CT molecular complexity index is 748. The molecule has 1 saturated heterocycles. The summed E-state index contributed by atoms with van der Waals surface area (Å²) in [7, 11) is 0. The first-order chi connectivity index (χ1) is 13.5. The standard InChI is InChI=1S/C24H36O5/c1-7-24-12-23(24,6)14-28-21(29-15-24)22(4,5)13-27-19(25)9-8-18-10-16(2)20(26)17(3)11-18/h10-11,21,26H,7-9,12-15H2,1-6H3. The smallest absolute Gasteiger partial charge is 0.306 e. The van der Waals surface area contributed by atoms with E-state index in [1.54, 1.807) is 0 Å². The summed E-state index contributed by atoms with van der Waals surface area (Å²) in [6, 6.07) is 3.84. The second-order valence-electron chi connectivity index (χ2n) is 10.1. The average molecular weight is 405 g/mol. The van der Waals surface area contributed by atoms with Crippen LogP contribution in [0.1, 0.15) is 63.6 Å². The Morgan fingerprint density at radius 2 is 1.86 bits per heavy atom. The molecule has 5 nitrogen and oxygen atoms in total. The van der Waals surface area contributed by atoms with Crippen molar-refractivity contribution in [3.8, 4) is 5.75 Å². The third kappa shape index (κ3) is 4.46. The molecule has 2 aliphatic rings. The summed E-state index contributed by atoms with van der Waals surface area (Å²) in [5.74, 6) is 0.0905. The summed E-state index contributed by atoms with van der Waals surface area (Å²) in [4.78, 5) is 12.3. The topological polar surface area (TPSA) is 65.0 Å². The predicted octanol–water partition coefficient (Wildman–Crippen LogP) is 4.69. The van der Waals surface area contributed by atoms with Gasteiger partial charge in [0, 0.05) is 17.3 Å². The van der Waals surface area contributed by atoms with Gasteiger partial charge in [-0.2, -0.15) is 0 Å². The Morgan fingerprint density at radius 1 is 1.24 bits per heavy atom. The van der Waals surface area contributed by atoms with Crippen LogP contribution in [0, 0.1) is 30.1 Å². The van der Waals surface area contributed by atoms with Crippen molar-refractivity contribution in [3.05, 3.63) is 28.8 Å². The second-order valence-corrected chi connectivity index (χ2v) is 10.1. The fraction of sp³-hybridized carbons (Fsp3) is 0.708. The van der Waals surface area contributed by atoms with Crippen LogP contribution in [-0.4, -0.2) is 37.2 Å². The molecule has 0 amide bonds. The summed E-state index contributed by atoms with van der Waals surface area (Å²) >= 11 is 0. The largest absolute Gasteiger partial charge is 0.507 e. The SMILES string of the molecule is CCC12COC(C(C)(C)COC(=O)CCc3cc(C)c(O)c(C)c3)OCC1(C)C2. The van der Waals surface area contributed by atoms with E-state index in [1.165, 1.54) is 0 Å². The van der Waals surface area contributed by atoms with Gasteiger partial charge in [0.25, 0.3) is 0 Å². The minimum Gasteiger partial charge on any atom is -0.507 e. The lowest BCUT2D eigenvalue weighted by Crippen LogP contribution is -2.39. The van der Waals surface area contributed by atoms with E-state index < -0.39 is 5.41 Å². The van der Waals surface area contributed by atoms with Gasteiger partial charge < -0.3 is 19.3 Å². The second kappa shape index (κ2) is 7.92. The molecule has 1 heterocycles. The molecule has 1 aliphatic carbocycles. The fourth-order valence-corrected chi connectivity index (χ4v) is 4.62. The van der Waals surface area contributed by atoms with E-state index >= 15 is 0 Å². The molecule has 3 atom stereocenters. The monoisotopic (exact) mass is 404 g/mol. The number of esters is 1. The lowest BCUT2D eigenvalue weighted by atomic mass is 9.93. The van der Waals surface area contributed by atoms with Crippen LogP contribution in [0.15, 0.2) is 12.1 Å². The normalized spacial score (nSPS) is 29.1. The summed E-state index contributed by atoms with van der Waals surface area (Å²) < 4.78 is 17.8. The van der Waals surface area contributed by atoms with Gasteiger partial charge >= 0.3 is 5.97 Å². The van der Waals surface area contributed by atoms with E-state index in [4.69, 9.17) is 14.2 Å². The minimum atomic E-state index is -0.413. The molecule has 3 rings (SSSR count). The quantitative estimate of drug-likeness (QED) is 0.668. The van der Waals surface area contributed by atoms with Crippen molar-refractivity contribution in [2.24, 2.45) is 16.2 Å². The number of phenols is 1. The van der Waals surface area contributed by atoms with E-state index in [-0.39, 0.29) is 29.7 Å². The molecule has 1 N–H and O–H groups in total. The highest BCUT2D eigenvalue weighted by Crippen LogP contribution is 2.67. The molecule has 162 valence electrons. The van der Waals surface area contributed by atoms with Crippen LogP contribution in [0.4, 0.5) is 0 Å². The number of carbonyl (C=O) groups is 1. The summed E-state index contributed by atoms with van der Waals surface area (Å²) in [5, 5.41) is 9.88. The molecule has 1 aliphatic heterocycles. The molecule has 0 spiro atoms. The average Bonchev–Trinajstić information content (AvgIpc) is 3.29. The Morgan fingerprint density at radius 3 is 2.48 bits per heavy atom. The van der Waals surface area contributed by atoms with Crippen LogP contribution in [0.25, 0.3) is 0 Å². The van der Waals surface area contributed by atoms with Crippen molar-refractivity contribution in [1.82, 2.24) is 0 Å². The van der Waals surface area contributed by atoms with Crippen LogP contribution in [0.3, 0.4) is 0 Å². The van der Waals surface area contributed by atoms with E-state index in [9.17, 15) is 9.90 Å². The van der Waals surface area contributed by atoms with Crippen LogP contribution in [0.5, 0.6) is 5.75 Å². The van der Waals surface area contributed by atoms with Crippen molar-refractivity contribution < 1.29 is 24.1 Å². The van der Waals surface area contributed by atoms with Crippen molar-refractivity contribution in [1.29, 1.82) is 0 Å². The highest BCUT2D eigenvalue weighted by Gasteiger charge is 2.65. The Balaban J connectivity index is 1.49. The third-order valence-electron chi connectivity index (χ3n) is 7.04. The molecule has 5 heteroatoms. The Labute approximate surface area is 174 Å². The van der Waals surface area contributed by atoms with Gasteiger partial charge in [-0.15, -0.1) is 0 Å². The fourth-order valence-electron chi connectivity index (χ4n) is 4.62. The molecule has 1 aromatic rings. The first-order valence-corrected chi connectivity index (χ1v) is 10.7. The molecular formula is C24H36O5. The number of hydrogen-bond acceptors (Lipinski definition) is 5. The third-order valence-corrected chi connectivity index (χ3v) is 7.04. The zero-order chi connectivity index (χ0) is 21.4. The number of aromatic hydroxyl groups is 1. The minimum absolute atomic E-state index is 0.212. The van der Waals surface area contributed by atoms with Crippen molar-refractivity contribution >= 4 is 5.97 Å². The summed E-state index contributed by atoms with van der Waals surface area (Å²) in [6.07, 6.45) is 2.80. The van der Waals surface area contributed by atoms with Gasteiger partial charge in [0.05, 0.1) is 13.2 Å². The van der Waals surface area contributed by atoms with Crippen molar-refractivity contribution in [2.45, 2.75) is 73.5 Å². The van der Waals surface area contributed by atoms with Gasteiger partial charge in [-0.3, -0.25) is 4.79 Å². The van der Waals surface area contributed by atoms with Gasteiger partial charge in [-0.05, 0) is 55.2 Å². The molecular weight excluding hydrogens is 368 g/mol. The molecule has 1 saturated carbocycles. The number of fused-ring (bicyclic) bond motifs is 1. The van der Waals surface area contributed by atoms with E-state index in [0.29, 0.717) is 31.8 Å². The van der Waals surface area contributed by atoms with Crippen LogP contribution in [-0.2, 0) is 25.4 Å². The van der Waals surface area contributed by atoms with Crippen molar-refractivity contribution in [3.63, 3.8) is 0 Å². The maximum absolute atomic E-state index is 12.3. The number of phenolic OH excluding ortho intramolecular Hbond substituents is 1. The summed E-state index contributed by atoms with van der Waals surface area (Å²) in [6.45, 7) is 14.0. The van der Waals surface area contributed by atoms with E-state index in [2.05, 4.69) is 13.8 Å². The zero-order valence-electron chi connectivity index (χ0n) is 18.8. The van der Waals surface area contributed by atoms with Gasteiger partial charge in [0.1, 0.15) is 12.4 Å². The maximum Gasteiger partial charge on any atom is 0.306 e. The predicted molar refractivity (Wildman–Crippen MR) is 112 cm³/mol. The lowest BCUT2D eigenvalue weighted by molar-refractivity contribution is -0.210. The molecule has 0 aromatic heterocycles. The van der Waals surface area contributed by atoms with E-state index in [1.807, 2.05) is 39.8 Å². The maximum atomic E-state index is 12.3. The van der Waals surface area contributed by atoms with Crippen LogP contribution >= 0.6 is 0 Å². The van der Waals surface area contributed by atoms with Crippen LogP contribution < -0.4 is 0 Å². The number of rotatable bonds is 7. The first kappa shape index (κ1) is 22.1. The number of ether oxygens (including phenoxy) is 3. The zero-order valence-corrected chi connectivity index (χ0v) is 18.8. The van der Waals surface area contributed by atoms with Crippen LogP contribution in [0.2, 0.25) is 0 Å². The molecule has 0 bridgehead atoms. The van der Waals surface area contributed by atoms with Gasteiger partial charge in [-0.25, -0.2) is 0 Å². The number of benzene rings is 1. The van der Waals surface area contributed by atoms with E-state index in [0.717, 1.165) is 29.5 Å². The number of carbonyl (C=O) groups excluding carboxylic acids is 1. The highest BCUT2D eigenvalue weighted by atomic mass is 16.7. The molecule has 29 heavy (non-hydrogen) atoms. The van der Waals surface area contributed by atoms with Gasteiger partial charge in [-0.1, -0.05) is 39.8 Å². The number of aryl methyl sites for hydroxylation is 3. The van der Waals surface area contributed by atoms with Crippen molar-refractivity contribution in [2.75, 3.05) is 19.8 Å². The number of hydrogen-bond donors (Lipinski definition) is 1. The molecule has 2 fully saturated rings. The van der Waals surface area contributed by atoms with Gasteiger partial charge in [0.2, 0.25) is 0 Å². The Kier molecular flexibility index (Phi) is 6.03. The lowest BCUT2D eigenvalue weighted by Gasteiger charge is -2.33. The van der Waals surface area contributed by atoms with Gasteiger partial charge in [0.15, 0.2) is 6.29 Å². The summed E-state index contributed by atoms with van der Waals surface area (Å²) in [5.41, 5.74) is 2.73. The Hall–Kier alpha value is -1.59. The first-order valence-electron chi connectivity index (χ1n) is 10.7. The molecule has 1 aromatic carbocycles. The molecule has 0 radical (unpaired) electrons. The highest BCUT2D eigenvalue weighted by molar-refractivity contribution is 5.69. The molecule has 3 unspecified atom stereocenters.